The minimum absolute atomic E-state index is 0.189. The summed E-state index contributed by atoms with van der Waals surface area (Å²) in [6.07, 6.45) is 5.14. The molecule has 3 nitrogen and oxygen atoms in total. The molecular formula is C24H25F2N3. The first kappa shape index (κ1) is 19.5. The van der Waals surface area contributed by atoms with Crippen LogP contribution in [0.3, 0.4) is 0 Å². The van der Waals surface area contributed by atoms with Crippen LogP contribution in [0.4, 0.5) is 14.5 Å². The van der Waals surface area contributed by atoms with Crippen molar-refractivity contribution >= 4 is 5.69 Å². The Morgan fingerprint density at radius 1 is 1.00 bits per heavy atom. The predicted octanol–water partition coefficient (Wildman–Crippen LogP) is 4.83. The highest BCUT2D eigenvalue weighted by Crippen LogP contribution is 2.27. The monoisotopic (exact) mass is 393 g/mol. The van der Waals surface area contributed by atoms with Crippen LogP contribution in [0.25, 0.3) is 0 Å². The Balaban J connectivity index is 1.52. The number of halogens is 2. The van der Waals surface area contributed by atoms with E-state index in [0.717, 1.165) is 42.7 Å². The maximum Gasteiger partial charge on any atom is 0.123 e. The highest BCUT2D eigenvalue weighted by molar-refractivity contribution is 5.41. The first-order chi connectivity index (χ1) is 14.1. The molecule has 1 aromatic heterocycles. The van der Waals surface area contributed by atoms with Gasteiger partial charge in [-0.2, -0.15) is 0 Å². The van der Waals surface area contributed by atoms with Crippen LogP contribution >= 0.6 is 0 Å². The van der Waals surface area contributed by atoms with Gasteiger partial charge in [0.25, 0.3) is 0 Å². The van der Waals surface area contributed by atoms with Gasteiger partial charge in [-0.1, -0.05) is 18.2 Å². The molecule has 5 heteroatoms. The summed E-state index contributed by atoms with van der Waals surface area (Å²) in [7, 11) is 0. The van der Waals surface area contributed by atoms with Crippen LogP contribution in [-0.4, -0.2) is 28.5 Å². The SMILES string of the molecule is CC(CN1Cc2ccc(F)cc2CC1Cc1ccc(F)cc1)Nc1ccncc1. The van der Waals surface area contributed by atoms with Crippen LogP contribution in [0.1, 0.15) is 23.6 Å². The molecule has 150 valence electrons. The molecule has 2 atom stereocenters. The Labute approximate surface area is 170 Å². The van der Waals surface area contributed by atoms with Crippen molar-refractivity contribution in [1.82, 2.24) is 9.88 Å². The number of rotatable bonds is 6. The van der Waals surface area contributed by atoms with Crippen molar-refractivity contribution in [2.24, 2.45) is 0 Å². The largest absolute Gasteiger partial charge is 0.381 e. The molecule has 0 saturated heterocycles. The van der Waals surface area contributed by atoms with Gasteiger partial charge in [-0.05, 0) is 72.9 Å². The first-order valence-electron chi connectivity index (χ1n) is 9.99. The fourth-order valence-electron chi connectivity index (χ4n) is 4.11. The van der Waals surface area contributed by atoms with Crippen LogP contribution in [0.15, 0.2) is 67.0 Å². The number of anilines is 1. The average Bonchev–Trinajstić information content (AvgIpc) is 2.71. The summed E-state index contributed by atoms with van der Waals surface area (Å²) in [6.45, 7) is 3.80. The Morgan fingerprint density at radius 3 is 2.48 bits per heavy atom. The van der Waals surface area contributed by atoms with E-state index in [1.54, 1.807) is 18.5 Å². The average molecular weight is 393 g/mol. The Morgan fingerprint density at radius 2 is 1.72 bits per heavy atom. The fraction of sp³-hybridized carbons (Fsp3) is 0.292. The molecule has 1 aliphatic heterocycles. The van der Waals surface area contributed by atoms with Crippen LogP contribution in [0.2, 0.25) is 0 Å². The molecule has 4 rings (SSSR count). The van der Waals surface area contributed by atoms with Gasteiger partial charge >= 0.3 is 0 Å². The lowest BCUT2D eigenvalue weighted by atomic mass is 9.90. The van der Waals surface area contributed by atoms with Crippen molar-refractivity contribution in [1.29, 1.82) is 0 Å². The van der Waals surface area contributed by atoms with Gasteiger partial charge in [0.1, 0.15) is 11.6 Å². The summed E-state index contributed by atoms with van der Waals surface area (Å²) < 4.78 is 27.1. The highest BCUT2D eigenvalue weighted by Gasteiger charge is 2.27. The molecule has 1 N–H and O–H groups in total. The summed E-state index contributed by atoms with van der Waals surface area (Å²) in [5.74, 6) is -0.415. The second-order valence-corrected chi connectivity index (χ2v) is 7.81. The molecule has 0 saturated carbocycles. The molecule has 0 bridgehead atoms. The van der Waals surface area contributed by atoms with Gasteiger partial charge in [0.05, 0.1) is 0 Å². The third-order valence-electron chi connectivity index (χ3n) is 5.50. The van der Waals surface area contributed by atoms with Crippen molar-refractivity contribution in [3.05, 3.63) is 95.3 Å². The number of aromatic nitrogens is 1. The van der Waals surface area contributed by atoms with E-state index in [2.05, 4.69) is 22.1 Å². The molecule has 1 aliphatic rings. The summed E-state index contributed by atoms with van der Waals surface area (Å²) in [6, 6.07) is 16.2. The lowest BCUT2D eigenvalue weighted by Crippen LogP contribution is -2.46. The Bertz CT molecular complexity index is 944. The molecule has 0 spiro atoms. The zero-order chi connectivity index (χ0) is 20.2. The zero-order valence-electron chi connectivity index (χ0n) is 16.5. The standard InChI is InChI=1S/C24H25F2N3/c1-17(28-23-8-10-27-11-9-23)15-29-16-19-4-7-22(26)13-20(19)14-24(29)12-18-2-5-21(25)6-3-18/h2-11,13,17,24H,12,14-16H2,1H3,(H,27,28). The summed E-state index contributed by atoms with van der Waals surface area (Å²) in [5.41, 5.74) is 4.39. The van der Waals surface area contributed by atoms with E-state index in [4.69, 9.17) is 0 Å². The smallest absolute Gasteiger partial charge is 0.123 e. The molecule has 2 aromatic carbocycles. The second-order valence-electron chi connectivity index (χ2n) is 7.81. The third-order valence-corrected chi connectivity index (χ3v) is 5.50. The van der Waals surface area contributed by atoms with E-state index in [0.29, 0.717) is 0 Å². The van der Waals surface area contributed by atoms with Crippen molar-refractivity contribution in [2.45, 2.75) is 38.4 Å². The van der Waals surface area contributed by atoms with E-state index in [1.165, 1.54) is 23.8 Å². The minimum Gasteiger partial charge on any atom is -0.381 e. The molecule has 0 aliphatic carbocycles. The number of nitrogens with one attached hydrogen (secondary N) is 1. The van der Waals surface area contributed by atoms with Gasteiger partial charge in [0.15, 0.2) is 0 Å². The van der Waals surface area contributed by atoms with Gasteiger partial charge in [-0.15, -0.1) is 0 Å². The number of nitrogens with zero attached hydrogens (tertiary/aromatic N) is 2. The van der Waals surface area contributed by atoms with Crippen LogP contribution in [0.5, 0.6) is 0 Å². The third kappa shape index (κ3) is 4.98. The molecule has 3 aromatic rings. The fourth-order valence-corrected chi connectivity index (χ4v) is 4.11. The van der Waals surface area contributed by atoms with E-state index in [1.807, 2.05) is 30.3 Å². The number of pyridine rings is 1. The van der Waals surface area contributed by atoms with Crippen molar-refractivity contribution in [3.8, 4) is 0 Å². The van der Waals surface area contributed by atoms with Crippen molar-refractivity contribution < 1.29 is 8.78 Å². The second kappa shape index (κ2) is 8.70. The normalized spacial score (nSPS) is 17.6. The van der Waals surface area contributed by atoms with E-state index in [-0.39, 0.29) is 23.7 Å². The van der Waals surface area contributed by atoms with Crippen molar-refractivity contribution in [2.75, 3.05) is 11.9 Å². The maximum atomic E-state index is 13.8. The molecular weight excluding hydrogens is 368 g/mol. The quantitative estimate of drug-likeness (QED) is 0.650. The van der Waals surface area contributed by atoms with Gasteiger partial charge < -0.3 is 5.32 Å². The molecule has 0 amide bonds. The maximum absolute atomic E-state index is 13.8. The number of benzene rings is 2. The first-order valence-corrected chi connectivity index (χ1v) is 9.99. The summed E-state index contributed by atoms with van der Waals surface area (Å²) in [5, 5.41) is 3.52. The number of hydrogen-bond donors (Lipinski definition) is 1. The molecule has 2 heterocycles. The molecule has 2 unspecified atom stereocenters. The molecule has 0 fully saturated rings. The van der Waals surface area contributed by atoms with Gasteiger partial charge in [0.2, 0.25) is 0 Å². The van der Waals surface area contributed by atoms with Gasteiger partial charge in [-0.3, -0.25) is 9.88 Å². The minimum atomic E-state index is -0.225. The predicted molar refractivity (Wildman–Crippen MR) is 112 cm³/mol. The Hall–Kier alpha value is -2.79. The van der Waals surface area contributed by atoms with Gasteiger partial charge in [0, 0.05) is 43.3 Å². The van der Waals surface area contributed by atoms with E-state index in [9.17, 15) is 8.78 Å². The number of hydrogen-bond acceptors (Lipinski definition) is 3. The topological polar surface area (TPSA) is 28.2 Å². The van der Waals surface area contributed by atoms with Crippen LogP contribution in [0, 0.1) is 11.6 Å². The molecule has 29 heavy (non-hydrogen) atoms. The van der Waals surface area contributed by atoms with Crippen LogP contribution < -0.4 is 5.32 Å². The summed E-state index contributed by atoms with van der Waals surface area (Å²) in [4.78, 5) is 6.50. The van der Waals surface area contributed by atoms with E-state index < -0.39 is 0 Å². The Kier molecular flexibility index (Phi) is 5.86. The zero-order valence-corrected chi connectivity index (χ0v) is 16.5. The lowest BCUT2D eigenvalue weighted by molar-refractivity contribution is 0.165. The van der Waals surface area contributed by atoms with Gasteiger partial charge in [-0.25, -0.2) is 8.78 Å². The molecule has 0 radical (unpaired) electrons. The summed E-state index contributed by atoms with van der Waals surface area (Å²) >= 11 is 0. The van der Waals surface area contributed by atoms with Crippen LogP contribution in [-0.2, 0) is 19.4 Å². The van der Waals surface area contributed by atoms with Crippen molar-refractivity contribution in [3.63, 3.8) is 0 Å². The lowest BCUT2D eigenvalue weighted by Gasteiger charge is -2.39. The highest BCUT2D eigenvalue weighted by atomic mass is 19.1. The number of fused-ring (bicyclic) bond motifs is 1. The van der Waals surface area contributed by atoms with E-state index >= 15 is 0 Å².